The number of benzene rings is 1. The number of ether oxygens (including phenoxy) is 2. The van der Waals surface area contributed by atoms with Gasteiger partial charge >= 0.3 is 7.60 Å². The van der Waals surface area contributed by atoms with Crippen molar-refractivity contribution in [3.05, 3.63) is 48.5 Å². The van der Waals surface area contributed by atoms with Gasteiger partial charge in [0.05, 0.1) is 6.33 Å². The van der Waals surface area contributed by atoms with Crippen molar-refractivity contribution >= 4 is 30.5 Å². The van der Waals surface area contributed by atoms with Crippen molar-refractivity contribution in [3.63, 3.8) is 0 Å². The van der Waals surface area contributed by atoms with Crippen LogP contribution in [0.5, 0.6) is 0 Å². The number of carbonyl (C=O) groups excluding carboxylic acids is 1. The number of amides is 1. The summed E-state index contributed by atoms with van der Waals surface area (Å²) in [7, 11) is -0.674. The van der Waals surface area contributed by atoms with Gasteiger partial charge in [0.1, 0.15) is 12.6 Å². The highest BCUT2D eigenvalue weighted by Gasteiger charge is 2.32. The normalized spacial score (nSPS) is 19.0. The summed E-state index contributed by atoms with van der Waals surface area (Å²) in [5.74, 6) is 0.0194. The third-order valence-corrected chi connectivity index (χ3v) is 6.45. The summed E-state index contributed by atoms with van der Waals surface area (Å²) in [4.78, 5) is 25.3. The van der Waals surface area contributed by atoms with E-state index in [2.05, 4.69) is 20.3 Å². The smallest absolute Gasteiger partial charge is 0.340 e. The number of nitrogens with zero attached hydrogens (tertiary/aromatic N) is 4. The van der Waals surface area contributed by atoms with Gasteiger partial charge in [0.25, 0.3) is 5.91 Å². The third-order valence-electron chi connectivity index (χ3n) is 4.87. The third kappa shape index (κ3) is 4.65. The summed E-state index contributed by atoms with van der Waals surface area (Å²) in [5.41, 5.74) is 1.48. The number of carbonyl (C=O) groups is 1. The number of aromatic nitrogens is 4. The Hall–Kier alpha value is -2.69. The molecule has 2 atom stereocenters. The Labute approximate surface area is 178 Å². The van der Waals surface area contributed by atoms with Crippen LogP contribution in [-0.4, -0.2) is 52.3 Å². The Morgan fingerprint density at radius 1 is 1.19 bits per heavy atom. The van der Waals surface area contributed by atoms with Crippen LogP contribution in [0.15, 0.2) is 43.0 Å². The van der Waals surface area contributed by atoms with E-state index >= 15 is 0 Å². The van der Waals surface area contributed by atoms with Gasteiger partial charge in [-0.2, -0.15) is 0 Å². The molecule has 0 bridgehead atoms. The van der Waals surface area contributed by atoms with Crippen molar-refractivity contribution in [2.45, 2.75) is 25.4 Å². The van der Waals surface area contributed by atoms with E-state index in [1.807, 2.05) is 6.07 Å². The highest BCUT2D eigenvalue weighted by atomic mass is 31.2. The second-order valence-corrected chi connectivity index (χ2v) is 8.95. The van der Waals surface area contributed by atoms with Crippen LogP contribution in [0.1, 0.15) is 29.4 Å². The van der Waals surface area contributed by atoms with Crippen molar-refractivity contribution in [1.29, 1.82) is 0 Å². The first-order chi connectivity index (χ1) is 15.0. The zero-order valence-electron chi connectivity index (χ0n) is 17.0. The van der Waals surface area contributed by atoms with E-state index in [0.717, 1.165) is 0 Å². The molecule has 12 heteroatoms. The molecule has 0 spiro atoms. The van der Waals surface area contributed by atoms with Gasteiger partial charge in [0.15, 0.2) is 29.6 Å². The molecule has 1 amide bonds. The molecule has 1 aliphatic heterocycles. The van der Waals surface area contributed by atoms with Crippen LogP contribution in [0.3, 0.4) is 0 Å². The minimum absolute atomic E-state index is 0.208. The predicted molar refractivity (Wildman–Crippen MR) is 110 cm³/mol. The van der Waals surface area contributed by atoms with Gasteiger partial charge in [-0.25, -0.2) is 15.0 Å². The first kappa shape index (κ1) is 21.5. The highest BCUT2D eigenvalue weighted by molar-refractivity contribution is 7.53. The molecule has 3 heterocycles. The first-order valence-corrected chi connectivity index (χ1v) is 11.3. The van der Waals surface area contributed by atoms with Crippen molar-refractivity contribution in [2.24, 2.45) is 0 Å². The van der Waals surface area contributed by atoms with E-state index < -0.39 is 13.9 Å². The molecule has 1 aliphatic rings. The van der Waals surface area contributed by atoms with Crippen LogP contribution in [0.25, 0.3) is 11.2 Å². The molecule has 2 aromatic heterocycles. The predicted octanol–water partition coefficient (Wildman–Crippen LogP) is 3.17. The Morgan fingerprint density at radius 3 is 2.71 bits per heavy atom. The molecule has 164 valence electrons. The second kappa shape index (κ2) is 9.21. The largest absolute Gasteiger partial charge is 0.355 e. The van der Waals surface area contributed by atoms with Crippen molar-refractivity contribution in [2.75, 3.05) is 25.9 Å². The summed E-state index contributed by atoms with van der Waals surface area (Å²) in [5, 5.41) is 2.77. The second-order valence-electron chi connectivity index (χ2n) is 6.74. The molecule has 31 heavy (non-hydrogen) atoms. The number of nitrogens with one attached hydrogen (secondary N) is 1. The molecule has 3 aromatic rings. The maximum absolute atomic E-state index is 12.5. The van der Waals surface area contributed by atoms with E-state index in [-0.39, 0.29) is 18.5 Å². The van der Waals surface area contributed by atoms with Crippen LogP contribution in [-0.2, 0) is 23.1 Å². The van der Waals surface area contributed by atoms with Crippen molar-refractivity contribution in [1.82, 2.24) is 19.5 Å². The molecule has 4 rings (SSSR count). The van der Waals surface area contributed by atoms with Gasteiger partial charge in [-0.1, -0.05) is 18.2 Å². The Morgan fingerprint density at radius 2 is 1.97 bits per heavy atom. The van der Waals surface area contributed by atoms with E-state index in [1.165, 1.54) is 20.5 Å². The van der Waals surface area contributed by atoms with Crippen LogP contribution < -0.4 is 5.32 Å². The molecule has 0 aliphatic carbocycles. The average Bonchev–Trinajstić information content (AvgIpc) is 3.45. The molecule has 0 unspecified atom stereocenters. The lowest BCUT2D eigenvalue weighted by atomic mass is 10.2. The molecular formula is C19H22N5O6P. The highest BCUT2D eigenvalue weighted by Crippen LogP contribution is 2.47. The fourth-order valence-electron chi connectivity index (χ4n) is 3.19. The Bertz CT molecular complexity index is 1100. The quantitative estimate of drug-likeness (QED) is 0.518. The van der Waals surface area contributed by atoms with E-state index in [4.69, 9.17) is 18.5 Å². The lowest BCUT2D eigenvalue weighted by Crippen LogP contribution is -2.16. The van der Waals surface area contributed by atoms with Gasteiger partial charge in [-0.15, -0.1) is 0 Å². The van der Waals surface area contributed by atoms with Gasteiger partial charge < -0.3 is 23.8 Å². The summed E-state index contributed by atoms with van der Waals surface area (Å²) in [6.07, 6.45) is 3.00. The first-order valence-electron chi connectivity index (χ1n) is 9.54. The SMILES string of the molecule is COP(=O)(CO[C@@H]1CC[C@H](n2cnc3c(NC(=O)c4ccccc4)ncnc32)O1)OC. The zero-order valence-corrected chi connectivity index (χ0v) is 17.9. The number of anilines is 1. The van der Waals surface area contributed by atoms with Gasteiger partial charge in [0.2, 0.25) is 0 Å². The molecule has 11 nitrogen and oxygen atoms in total. The van der Waals surface area contributed by atoms with Gasteiger partial charge in [0, 0.05) is 26.2 Å². The zero-order chi connectivity index (χ0) is 21.8. The number of rotatable bonds is 8. The summed E-state index contributed by atoms with van der Waals surface area (Å²) in [6.45, 7) is 0. The topological polar surface area (TPSA) is 127 Å². The molecule has 1 aromatic carbocycles. The molecule has 1 fully saturated rings. The van der Waals surface area contributed by atoms with Crippen LogP contribution in [0.4, 0.5) is 5.82 Å². The average molecular weight is 447 g/mol. The summed E-state index contributed by atoms with van der Waals surface area (Å²) in [6, 6.07) is 8.83. The number of hydrogen-bond donors (Lipinski definition) is 1. The summed E-state index contributed by atoms with van der Waals surface area (Å²) < 4.78 is 35.1. The standard InChI is InChI=1S/C19H22N5O6P/c1-27-31(26,28-2)12-29-15-9-8-14(30-15)24-11-22-16-17(20-10-21-18(16)24)23-19(25)13-6-4-3-5-7-13/h3-7,10-11,14-15H,8-9,12H2,1-2H3,(H,20,21,23,25)/t14-,15+/m1/s1. The monoisotopic (exact) mass is 447 g/mol. The lowest BCUT2D eigenvalue weighted by Gasteiger charge is -2.18. The minimum Gasteiger partial charge on any atom is -0.340 e. The van der Waals surface area contributed by atoms with Crippen LogP contribution >= 0.6 is 7.60 Å². The Balaban J connectivity index is 1.47. The Kier molecular flexibility index (Phi) is 6.40. The number of fused-ring (bicyclic) bond motifs is 1. The van der Waals surface area contributed by atoms with Crippen LogP contribution in [0, 0.1) is 0 Å². The molecule has 1 saturated heterocycles. The molecular weight excluding hydrogens is 425 g/mol. The molecule has 1 N–H and O–H groups in total. The van der Waals surface area contributed by atoms with E-state index in [9.17, 15) is 9.36 Å². The molecule has 0 radical (unpaired) electrons. The molecule has 0 saturated carbocycles. The lowest BCUT2D eigenvalue weighted by molar-refractivity contribution is -0.140. The minimum atomic E-state index is -3.28. The van der Waals surface area contributed by atoms with Gasteiger partial charge in [-0.3, -0.25) is 13.9 Å². The number of hydrogen-bond acceptors (Lipinski definition) is 9. The number of imidazole rings is 1. The van der Waals surface area contributed by atoms with Crippen LogP contribution in [0.2, 0.25) is 0 Å². The van der Waals surface area contributed by atoms with E-state index in [0.29, 0.717) is 35.4 Å². The van der Waals surface area contributed by atoms with E-state index in [1.54, 1.807) is 35.2 Å². The van der Waals surface area contributed by atoms with Crippen molar-refractivity contribution in [3.8, 4) is 0 Å². The fraction of sp³-hybridized carbons (Fsp3) is 0.368. The maximum atomic E-state index is 12.5. The van der Waals surface area contributed by atoms with Gasteiger partial charge in [-0.05, 0) is 18.6 Å². The maximum Gasteiger partial charge on any atom is 0.355 e. The summed E-state index contributed by atoms with van der Waals surface area (Å²) >= 11 is 0. The fourth-order valence-corrected chi connectivity index (χ4v) is 3.90. The van der Waals surface area contributed by atoms with Crippen molar-refractivity contribution < 1.29 is 27.9 Å².